The number of hydrogen-bond acceptors (Lipinski definition) is 12. The second-order valence-corrected chi connectivity index (χ2v) is 3.21. The van der Waals surface area contributed by atoms with Crippen LogP contribution in [0.15, 0.2) is 18.5 Å². The minimum Gasteiger partial charge on any atom is -0.412 e. The molecule has 3 rings (SSSR count). The van der Waals surface area contributed by atoms with E-state index in [1.807, 2.05) is 0 Å². The molecular formula is C6HN7O7. The van der Waals surface area contributed by atoms with Gasteiger partial charge in [0.2, 0.25) is 5.69 Å². The zero-order valence-corrected chi connectivity index (χ0v) is 9.03. The monoisotopic (exact) mass is 283 g/mol. The fourth-order valence-corrected chi connectivity index (χ4v) is 1.23. The molecule has 1 N–H and O–H groups in total. The van der Waals surface area contributed by atoms with Crippen LogP contribution in [0, 0.1) is 10.1 Å². The van der Waals surface area contributed by atoms with Gasteiger partial charge in [-0.25, -0.2) is 4.63 Å². The summed E-state index contributed by atoms with van der Waals surface area (Å²) in [5.41, 5.74) is -1.94. The standard InChI is InChI=1S/C6HN7O7/c14-6-2(10-20-13(6)17)5-8-7-4(18-5)1-3(12(15)16)11-19-9-1/h17H. The highest BCUT2D eigenvalue weighted by Gasteiger charge is 2.29. The maximum atomic E-state index is 11.3. The Hall–Kier alpha value is -3.58. The zero-order chi connectivity index (χ0) is 14.3. The van der Waals surface area contributed by atoms with Crippen LogP contribution in [0.2, 0.25) is 0 Å². The van der Waals surface area contributed by atoms with Crippen molar-refractivity contribution in [2.75, 3.05) is 0 Å². The topological polar surface area (TPSA) is 189 Å². The van der Waals surface area contributed by atoms with E-state index in [1.54, 1.807) is 0 Å². The molecule has 3 aromatic rings. The van der Waals surface area contributed by atoms with Gasteiger partial charge in [-0.1, -0.05) is 0 Å². The molecule has 0 amide bonds. The van der Waals surface area contributed by atoms with E-state index in [2.05, 4.69) is 34.9 Å². The van der Waals surface area contributed by atoms with Crippen molar-refractivity contribution in [2.24, 2.45) is 0 Å². The van der Waals surface area contributed by atoms with Crippen LogP contribution in [-0.2, 0) is 0 Å². The lowest BCUT2D eigenvalue weighted by Gasteiger charge is -1.86. The summed E-state index contributed by atoms with van der Waals surface area (Å²) in [7, 11) is 0. The molecule has 0 unspecified atom stereocenters. The van der Waals surface area contributed by atoms with Crippen LogP contribution in [0.25, 0.3) is 23.2 Å². The van der Waals surface area contributed by atoms with Crippen LogP contribution >= 0.6 is 0 Å². The third-order valence-electron chi connectivity index (χ3n) is 2.06. The lowest BCUT2D eigenvalue weighted by molar-refractivity contribution is -0.390. The third-order valence-corrected chi connectivity index (χ3v) is 2.06. The normalized spacial score (nSPS) is 10.8. The van der Waals surface area contributed by atoms with Crippen LogP contribution in [0.3, 0.4) is 0 Å². The molecule has 102 valence electrons. The first-order valence-corrected chi connectivity index (χ1v) is 4.67. The molecule has 0 bridgehead atoms. The molecule has 3 aromatic heterocycles. The predicted molar refractivity (Wildman–Crippen MR) is 51.2 cm³/mol. The van der Waals surface area contributed by atoms with Crippen molar-refractivity contribution >= 4 is 5.82 Å². The molecule has 3 heterocycles. The highest BCUT2D eigenvalue weighted by molar-refractivity contribution is 5.58. The molecule has 0 aliphatic heterocycles. The van der Waals surface area contributed by atoms with Crippen molar-refractivity contribution in [1.29, 1.82) is 0 Å². The quantitative estimate of drug-likeness (QED) is 0.353. The first-order chi connectivity index (χ1) is 9.58. The van der Waals surface area contributed by atoms with Gasteiger partial charge in [-0.2, -0.15) is 0 Å². The van der Waals surface area contributed by atoms with E-state index in [0.717, 1.165) is 0 Å². The molecule has 0 aromatic carbocycles. The number of nitro groups is 1. The molecule has 14 heteroatoms. The van der Waals surface area contributed by atoms with Gasteiger partial charge in [-0.15, -0.1) is 14.8 Å². The van der Waals surface area contributed by atoms with E-state index in [0.29, 0.717) is 0 Å². The number of nitrogens with zero attached hydrogens (tertiary/aromatic N) is 7. The van der Waals surface area contributed by atoms with Crippen molar-refractivity contribution in [2.45, 2.75) is 0 Å². The van der Waals surface area contributed by atoms with Gasteiger partial charge in [0.1, 0.15) is 0 Å². The Bertz CT molecular complexity index is 840. The van der Waals surface area contributed by atoms with Gasteiger partial charge in [0, 0.05) is 4.90 Å². The summed E-state index contributed by atoms with van der Waals surface area (Å²) >= 11 is 0. The van der Waals surface area contributed by atoms with Gasteiger partial charge in [-0.3, -0.25) is 4.79 Å². The third kappa shape index (κ3) is 1.59. The molecule has 0 radical (unpaired) electrons. The number of hydrogen-bond donors (Lipinski definition) is 1. The van der Waals surface area contributed by atoms with Crippen LogP contribution < -0.4 is 5.56 Å². The van der Waals surface area contributed by atoms with E-state index >= 15 is 0 Å². The Morgan fingerprint density at radius 2 is 1.85 bits per heavy atom. The molecule has 0 atom stereocenters. The largest absolute Gasteiger partial charge is 0.447 e. The van der Waals surface area contributed by atoms with E-state index in [4.69, 9.17) is 9.62 Å². The zero-order valence-electron chi connectivity index (χ0n) is 9.03. The molecule has 14 nitrogen and oxygen atoms in total. The number of aromatic nitrogens is 6. The van der Waals surface area contributed by atoms with Gasteiger partial charge in [0.05, 0.1) is 0 Å². The van der Waals surface area contributed by atoms with Gasteiger partial charge in [-0.05, 0) is 15.2 Å². The summed E-state index contributed by atoms with van der Waals surface area (Å²) in [6.45, 7) is 0. The molecular weight excluding hydrogens is 282 g/mol. The highest BCUT2D eigenvalue weighted by Crippen LogP contribution is 2.26. The summed E-state index contributed by atoms with van der Waals surface area (Å²) in [6.07, 6.45) is 0. The minimum atomic E-state index is -1.05. The van der Waals surface area contributed by atoms with Crippen molar-refractivity contribution in [3.63, 3.8) is 0 Å². The Morgan fingerprint density at radius 1 is 1.15 bits per heavy atom. The van der Waals surface area contributed by atoms with E-state index in [-0.39, 0.29) is 4.90 Å². The number of rotatable bonds is 3. The van der Waals surface area contributed by atoms with E-state index in [9.17, 15) is 14.9 Å². The van der Waals surface area contributed by atoms with Crippen LogP contribution in [-0.4, -0.2) is 40.7 Å². The summed E-state index contributed by atoms with van der Waals surface area (Å²) in [4.78, 5) is 20.9. The molecule has 0 fully saturated rings. The average Bonchev–Trinajstić information content (AvgIpc) is 3.10. The molecule has 0 spiro atoms. The van der Waals surface area contributed by atoms with Crippen LogP contribution in [0.5, 0.6) is 0 Å². The molecule has 0 saturated carbocycles. The molecule has 0 aliphatic rings. The second-order valence-electron chi connectivity index (χ2n) is 3.21. The van der Waals surface area contributed by atoms with Gasteiger partial charge in [0.15, 0.2) is 5.16 Å². The van der Waals surface area contributed by atoms with Gasteiger partial charge < -0.3 is 19.7 Å². The average molecular weight is 283 g/mol. The Labute approximate surface area is 105 Å². The Balaban J connectivity index is 2.07. The fourth-order valence-electron chi connectivity index (χ4n) is 1.23. The Morgan fingerprint density at radius 3 is 2.45 bits per heavy atom. The Kier molecular flexibility index (Phi) is 2.28. The van der Waals surface area contributed by atoms with Crippen molar-refractivity contribution in [3.05, 3.63) is 20.5 Å². The predicted octanol–water partition coefficient (Wildman–Crippen LogP) is -0.918. The van der Waals surface area contributed by atoms with Crippen molar-refractivity contribution in [3.8, 4) is 23.2 Å². The first-order valence-electron chi connectivity index (χ1n) is 4.67. The summed E-state index contributed by atoms with van der Waals surface area (Å²) in [5.74, 6) is -1.58. The fraction of sp³-hybridized carbons (Fsp3) is 0. The van der Waals surface area contributed by atoms with Crippen molar-refractivity contribution in [1.82, 2.24) is 30.6 Å². The van der Waals surface area contributed by atoms with Crippen molar-refractivity contribution < 1.29 is 23.8 Å². The van der Waals surface area contributed by atoms with E-state index < -0.39 is 39.5 Å². The minimum absolute atomic E-state index is 0.153. The molecule has 0 aliphatic carbocycles. The maximum absolute atomic E-state index is 11.3. The first kappa shape index (κ1) is 11.5. The smallest absolute Gasteiger partial charge is 0.412 e. The second kappa shape index (κ2) is 3.97. The summed E-state index contributed by atoms with van der Waals surface area (Å²) in [6, 6.07) is 0. The van der Waals surface area contributed by atoms with Gasteiger partial charge in [0.25, 0.3) is 17.5 Å². The SMILES string of the molecule is O=c1c(-c2nnc(-c3nonc3[N+](=O)[O-])o2)non1O. The van der Waals surface area contributed by atoms with Crippen LogP contribution in [0.4, 0.5) is 5.82 Å². The summed E-state index contributed by atoms with van der Waals surface area (Å²) in [5, 5.41) is 35.8. The van der Waals surface area contributed by atoms with E-state index in [1.165, 1.54) is 0 Å². The lowest BCUT2D eigenvalue weighted by atomic mass is 10.4. The molecule has 0 saturated heterocycles. The molecule has 20 heavy (non-hydrogen) atoms. The maximum Gasteiger partial charge on any atom is 0.447 e. The van der Waals surface area contributed by atoms with Gasteiger partial charge >= 0.3 is 11.4 Å². The highest BCUT2D eigenvalue weighted by atomic mass is 16.8. The van der Waals surface area contributed by atoms with Crippen LogP contribution in [0.1, 0.15) is 0 Å². The lowest BCUT2D eigenvalue weighted by Crippen LogP contribution is -2.12. The summed E-state index contributed by atoms with van der Waals surface area (Å²) < 4.78 is 13.3.